The van der Waals surface area contributed by atoms with Crippen LogP contribution in [-0.4, -0.2) is 34.5 Å². The molecule has 0 aliphatic carbocycles. The van der Waals surface area contributed by atoms with Crippen LogP contribution in [0.5, 0.6) is 5.88 Å². The van der Waals surface area contributed by atoms with Gasteiger partial charge in [0.05, 0.1) is 12.2 Å². The number of alkyl halides is 1. The number of ether oxygens (including phenoxy) is 1. The van der Waals surface area contributed by atoms with Crippen LogP contribution < -0.4 is 9.64 Å². The minimum atomic E-state index is 0.501. The van der Waals surface area contributed by atoms with E-state index < -0.39 is 0 Å². The molecule has 0 fully saturated rings. The molecule has 1 rings (SSSR count). The molecule has 0 atom stereocenters. The molecule has 0 aliphatic heterocycles. The molecule has 0 spiro atoms. The summed E-state index contributed by atoms with van der Waals surface area (Å²) in [6, 6.07) is 0.501. The smallest absolute Gasteiger partial charge is 0.221 e. The summed E-state index contributed by atoms with van der Waals surface area (Å²) in [7, 11) is 0. The van der Waals surface area contributed by atoms with Crippen molar-refractivity contribution >= 4 is 21.7 Å². The molecule has 0 bridgehead atoms. The Bertz CT molecular complexity index is 383. The summed E-state index contributed by atoms with van der Waals surface area (Å²) in [4.78, 5) is 11.0. The van der Waals surface area contributed by atoms with Crippen molar-refractivity contribution in [3.63, 3.8) is 0 Å². The van der Waals surface area contributed by atoms with E-state index in [1.54, 1.807) is 6.33 Å². The molecule has 108 valence electrons. The van der Waals surface area contributed by atoms with Crippen LogP contribution in [0, 0.1) is 6.92 Å². The predicted octanol–water partition coefficient (Wildman–Crippen LogP) is 3.57. The second kappa shape index (κ2) is 8.35. The molecule has 0 aliphatic rings. The molecule has 1 aromatic heterocycles. The lowest BCUT2D eigenvalue weighted by atomic mass is 10.1. The highest BCUT2D eigenvalue weighted by molar-refractivity contribution is 9.09. The van der Waals surface area contributed by atoms with Crippen LogP contribution in [0.25, 0.3) is 0 Å². The number of anilines is 1. The third-order valence-corrected chi connectivity index (χ3v) is 3.63. The summed E-state index contributed by atoms with van der Waals surface area (Å²) in [5, 5.41) is 0.927. The maximum atomic E-state index is 5.56. The van der Waals surface area contributed by atoms with Crippen LogP contribution in [0.1, 0.15) is 39.2 Å². The van der Waals surface area contributed by atoms with Gasteiger partial charge in [0.1, 0.15) is 12.1 Å². The lowest BCUT2D eigenvalue weighted by Crippen LogP contribution is -2.37. The van der Waals surface area contributed by atoms with Crippen molar-refractivity contribution in [2.75, 3.05) is 23.4 Å². The molecule has 5 heteroatoms. The summed E-state index contributed by atoms with van der Waals surface area (Å²) in [5.41, 5.74) is 1.03. The van der Waals surface area contributed by atoms with Crippen LogP contribution in [0.3, 0.4) is 0 Å². The SMILES string of the molecule is CCOc1ncnc(N(CCBr)C(CC)CC)c1C. The van der Waals surface area contributed by atoms with Crippen LogP contribution in [-0.2, 0) is 0 Å². The lowest BCUT2D eigenvalue weighted by molar-refractivity contribution is 0.323. The molecule has 0 unspecified atom stereocenters. The first kappa shape index (κ1) is 16.2. The van der Waals surface area contributed by atoms with Crippen molar-refractivity contribution in [1.29, 1.82) is 0 Å². The van der Waals surface area contributed by atoms with Gasteiger partial charge in [-0.2, -0.15) is 0 Å². The number of halogens is 1. The van der Waals surface area contributed by atoms with Crippen LogP contribution in [0.2, 0.25) is 0 Å². The van der Waals surface area contributed by atoms with E-state index in [0.717, 1.165) is 36.1 Å². The number of hydrogen-bond donors (Lipinski definition) is 0. The minimum Gasteiger partial charge on any atom is -0.478 e. The summed E-state index contributed by atoms with van der Waals surface area (Å²) in [5.74, 6) is 1.68. The standard InChI is InChI=1S/C14H24BrN3O/c1-5-12(6-2)18(9-8-15)13-11(4)14(19-7-3)17-10-16-13/h10,12H,5-9H2,1-4H3. The summed E-state index contributed by atoms with van der Waals surface area (Å²) in [6.45, 7) is 10.0. The topological polar surface area (TPSA) is 38.3 Å². The number of nitrogens with zero attached hydrogens (tertiary/aromatic N) is 3. The van der Waals surface area contributed by atoms with Crippen molar-refractivity contribution in [3.05, 3.63) is 11.9 Å². The van der Waals surface area contributed by atoms with Gasteiger partial charge in [-0.15, -0.1) is 0 Å². The Kier molecular flexibility index (Phi) is 7.13. The zero-order valence-electron chi connectivity index (χ0n) is 12.3. The van der Waals surface area contributed by atoms with E-state index in [9.17, 15) is 0 Å². The van der Waals surface area contributed by atoms with E-state index in [1.165, 1.54) is 0 Å². The van der Waals surface area contributed by atoms with E-state index in [-0.39, 0.29) is 0 Å². The van der Waals surface area contributed by atoms with Gasteiger partial charge in [0, 0.05) is 17.9 Å². The molecule has 19 heavy (non-hydrogen) atoms. The maximum absolute atomic E-state index is 5.56. The Morgan fingerprint density at radius 1 is 1.26 bits per heavy atom. The Balaban J connectivity index is 3.11. The fourth-order valence-corrected chi connectivity index (χ4v) is 2.66. The molecule has 0 saturated heterocycles. The third-order valence-electron chi connectivity index (χ3n) is 3.27. The number of hydrogen-bond acceptors (Lipinski definition) is 4. The monoisotopic (exact) mass is 329 g/mol. The molecule has 0 N–H and O–H groups in total. The van der Waals surface area contributed by atoms with Crippen LogP contribution in [0.4, 0.5) is 5.82 Å². The van der Waals surface area contributed by atoms with Crippen molar-refractivity contribution in [3.8, 4) is 5.88 Å². The van der Waals surface area contributed by atoms with E-state index in [4.69, 9.17) is 4.74 Å². The zero-order chi connectivity index (χ0) is 14.3. The molecule has 0 amide bonds. The molecule has 0 radical (unpaired) electrons. The van der Waals surface area contributed by atoms with Crippen molar-refractivity contribution in [2.24, 2.45) is 0 Å². The van der Waals surface area contributed by atoms with Crippen molar-refractivity contribution < 1.29 is 4.74 Å². The Morgan fingerprint density at radius 3 is 2.47 bits per heavy atom. The van der Waals surface area contributed by atoms with Gasteiger partial charge in [-0.1, -0.05) is 29.8 Å². The average molecular weight is 330 g/mol. The maximum Gasteiger partial charge on any atom is 0.221 e. The van der Waals surface area contributed by atoms with E-state index >= 15 is 0 Å². The first-order valence-electron chi connectivity index (χ1n) is 6.96. The minimum absolute atomic E-state index is 0.501. The van der Waals surface area contributed by atoms with Gasteiger partial charge in [0.2, 0.25) is 5.88 Å². The molecule has 4 nitrogen and oxygen atoms in total. The van der Waals surface area contributed by atoms with Crippen LogP contribution >= 0.6 is 15.9 Å². The second-order valence-electron chi connectivity index (χ2n) is 4.41. The molecule has 0 saturated carbocycles. The third kappa shape index (κ3) is 4.06. The molecule has 1 heterocycles. The first-order valence-corrected chi connectivity index (χ1v) is 8.08. The first-order chi connectivity index (χ1) is 9.19. The van der Waals surface area contributed by atoms with Crippen LogP contribution in [0.15, 0.2) is 6.33 Å². The highest BCUT2D eigenvalue weighted by atomic mass is 79.9. The fraction of sp³-hybridized carbons (Fsp3) is 0.714. The number of aromatic nitrogens is 2. The molecular weight excluding hydrogens is 306 g/mol. The van der Waals surface area contributed by atoms with Gasteiger partial charge < -0.3 is 9.64 Å². The molecular formula is C14H24BrN3O. The van der Waals surface area contributed by atoms with Crippen molar-refractivity contribution in [2.45, 2.75) is 46.6 Å². The Hall–Kier alpha value is -0.840. The van der Waals surface area contributed by atoms with Gasteiger partial charge >= 0.3 is 0 Å². The lowest BCUT2D eigenvalue weighted by Gasteiger charge is -2.32. The molecule has 0 aromatic carbocycles. The summed E-state index contributed by atoms with van der Waals surface area (Å²) >= 11 is 3.53. The molecule has 1 aromatic rings. The highest BCUT2D eigenvalue weighted by Gasteiger charge is 2.20. The fourth-order valence-electron chi connectivity index (χ4n) is 2.28. The van der Waals surface area contributed by atoms with Gasteiger partial charge in [-0.3, -0.25) is 0 Å². The predicted molar refractivity (Wildman–Crippen MR) is 83.4 cm³/mol. The van der Waals surface area contributed by atoms with Gasteiger partial charge in [-0.25, -0.2) is 9.97 Å². The van der Waals surface area contributed by atoms with E-state index in [0.29, 0.717) is 18.5 Å². The van der Waals surface area contributed by atoms with Gasteiger partial charge in [-0.05, 0) is 26.7 Å². The Labute approximate surface area is 124 Å². The van der Waals surface area contributed by atoms with E-state index in [2.05, 4.69) is 44.6 Å². The van der Waals surface area contributed by atoms with Crippen molar-refractivity contribution in [1.82, 2.24) is 9.97 Å². The zero-order valence-corrected chi connectivity index (χ0v) is 13.9. The number of rotatable bonds is 8. The normalized spacial score (nSPS) is 10.8. The Morgan fingerprint density at radius 2 is 1.95 bits per heavy atom. The second-order valence-corrected chi connectivity index (χ2v) is 5.21. The quantitative estimate of drug-likeness (QED) is 0.683. The summed E-state index contributed by atoms with van der Waals surface area (Å²) in [6.07, 6.45) is 3.81. The average Bonchev–Trinajstić information content (AvgIpc) is 2.42. The highest BCUT2D eigenvalue weighted by Crippen LogP contribution is 2.27. The summed E-state index contributed by atoms with van der Waals surface area (Å²) < 4.78 is 5.56. The van der Waals surface area contributed by atoms with Gasteiger partial charge in [0.25, 0.3) is 0 Å². The largest absolute Gasteiger partial charge is 0.478 e. The van der Waals surface area contributed by atoms with E-state index in [1.807, 2.05) is 13.8 Å². The van der Waals surface area contributed by atoms with Gasteiger partial charge in [0.15, 0.2) is 0 Å².